The SMILES string of the molecule is CNC1c2cc(OC)c(OC)cc2CCC1C. The molecule has 1 N–H and O–H groups in total. The van der Waals surface area contributed by atoms with Gasteiger partial charge in [0.1, 0.15) is 0 Å². The Kier molecular flexibility index (Phi) is 3.57. The molecule has 3 heteroatoms. The average molecular weight is 235 g/mol. The van der Waals surface area contributed by atoms with Gasteiger partial charge in [0.15, 0.2) is 11.5 Å². The fraction of sp³-hybridized carbons (Fsp3) is 0.571. The summed E-state index contributed by atoms with van der Waals surface area (Å²) in [5.74, 6) is 2.31. The summed E-state index contributed by atoms with van der Waals surface area (Å²) in [4.78, 5) is 0. The van der Waals surface area contributed by atoms with E-state index in [1.54, 1.807) is 14.2 Å². The van der Waals surface area contributed by atoms with Crippen LogP contribution in [0.4, 0.5) is 0 Å². The van der Waals surface area contributed by atoms with Crippen LogP contribution in [0.25, 0.3) is 0 Å². The van der Waals surface area contributed by atoms with Crippen molar-refractivity contribution >= 4 is 0 Å². The number of hydrogen-bond acceptors (Lipinski definition) is 3. The molecule has 94 valence electrons. The Morgan fingerprint density at radius 1 is 1.18 bits per heavy atom. The Labute approximate surface area is 103 Å². The summed E-state index contributed by atoms with van der Waals surface area (Å²) >= 11 is 0. The number of fused-ring (bicyclic) bond motifs is 1. The van der Waals surface area contributed by atoms with Gasteiger partial charge in [-0.05, 0) is 49.1 Å². The first-order chi connectivity index (χ1) is 8.21. The summed E-state index contributed by atoms with van der Waals surface area (Å²) in [6.07, 6.45) is 2.34. The van der Waals surface area contributed by atoms with Gasteiger partial charge in [0, 0.05) is 6.04 Å². The molecule has 2 unspecified atom stereocenters. The molecule has 1 aliphatic rings. The van der Waals surface area contributed by atoms with Crippen molar-refractivity contribution < 1.29 is 9.47 Å². The second kappa shape index (κ2) is 4.96. The monoisotopic (exact) mass is 235 g/mol. The molecule has 0 saturated heterocycles. The van der Waals surface area contributed by atoms with Gasteiger partial charge >= 0.3 is 0 Å². The van der Waals surface area contributed by atoms with E-state index in [4.69, 9.17) is 9.47 Å². The first-order valence-electron chi connectivity index (χ1n) is 6.13. The third-order valence-electron chi connectivity index (χ3n) is 3.73. The van der Waals surface area contributed by atoms with Gasteiger partial charge in [-0.1, -0.05) is 6.92 Å². The number of nitrogens with one attached hydrogen (secondary N) is 1. The standard InChI is InChI=1S/C14H21NO2/c1-9-5-6-10-7-12(16-3)13(17-4)8-11(10)14(9)15-2/h7-9,14-15H,5-6H2,1-4H3. The third kappa shape index (κ3) is 2.12. The second-order valence-electron chi connectivity index (χ2n) is 4.69. The van der Waals surface area contributed by atoms with Crippen LogP contribution in [0.3, 0.4) is 0 Å². The zero-order valence-corrected chi connectivity index (χ0v) is 11.0. The molecule has 0 aliphatic heterocycles. The lowest BCUT2D eigenvalue weighted by Gasteiger charge is -2.31. The van der Waals surface area contributed by atoms with Crippen molar-refractivity contribution in [3.8, 4) is 11.5 Å². The number of aryl methyl sites for hydroxylation is 1. The van der Waals surface area contributed by atoms with Crippen molar-refractivity contribution in [1.82, 2.24) is 5.32 Å². The lowest BCUT2D eigenvalue weighted by Crippen LogP contribution is -2.28. The van der Waals surface area contributed by atoms with Crippen molar-refractivity contribution in [1.29, 1.82) is 0 Å². The molecule has 0 radical (unpaired) electrons. The maximum absolute atomic E-state index is 5.38. The van der Waals surface area contributed by atoms with Crippen LogP contribution in [0.15, 0.2) is 12.1 Å². The minimum atomic E-state index is 0.415. The Balaban J connectivity index is 2.48. The molecule has 0 fully saturated rings. The second-order valence-corrected chi connectivity index (χ2v) is 4.69. The van der Waals surface area contributed by atoms with E-state index in [-0.39, 0.29) is 0 Å². The largest absolute Gasteiger partial charge is 0.493 e. The molecule has 3 nitrogen and oxygen atoms in total. The number of methoxy groups -OCH3 is 2. The molecule has 1 aromatic carbocycles. The van der Waals surface area contributed by atoms with Gasteiger partial charge in [-0.3, -0.25) is 0 Å². The van der Waals surface area contributed by atoms with Crippen LogP contribution in [0.1, 0.15) is 30.5 Å². The minimum Gasteiger partial charge on any atom is -0.493 e. The summed E-state index contributed by atoms with van der Waals surface area (Å²) in [6, 6.07) is 4.65. The summed E-state index contributed by atoms with van der Waals surface area (Å²) in [6.45, 7) is 2.29. The van der Waals surface area contributed by atoms with E-state index in [0.717, 1.165) is 17.9 Å². The highest BCUT2D eigenvalue weighted by atomic mass is 16.5. The quantitative estimate of drug-likeness (QED) is 0.873. The summed E-state index contributed by atoms with van der Waals surface area (Å²) < 4.78 is 10.7. The highest BCUT2D eigenvalue weighted by molar-refractivity contribution is 5.49. The van der Waals surface area contributed by atoms with Crippen LogP contribution in [-0.2, 0) is 6.42 Å². The predicted octanol–water partition coefficient (Wildman–Crippen LogP) is 2.55. The molecule has 0 amide bonds. The highest BCUT2D eigenvalue weighted by Gasteiger charge is 2.26. The lowest BCUT2D eigenvalue weighted by atomic mass is 9.80. The summed E-state index contributed by atoms with van der Waals surface area (Å²) in [5.41, 5.74) is 2.73. The van der Waals surface area contributed by atoms with Crippen LogP contribution in [0.5, 0.6) is 11.5 Å². The van der Waals surface area contributed by atoms with Crippen LogP contribution in [0, 0.1) is 5.92 Å². The van der Waals surface area contributed by atoms with Gasteiger partial charge in [-0.2, -0.15) is 0 Å². The van der Waals surface area contributed by atoms with Crippen molar-refractivity contribution in [3.05, 3.63) is 23.3 Å². The summed E-state index contributed by atoms with van der Waals surface area (Å²) in [7, 11) is 5.39. The van der Waals surface area contributed by atoms with Gasteiger partial charge in [0.2, 0.25) is 0 Å². The molecule has 2 atom stereocenters. The van der Waals surface area contributed by atoms with E-state index in [2.05, 4.69) is 24.4 Å². The maximum atomic E-state index is 5.38. The minimum absolute atomic E-state index is 0.415. The molecular formula is C14H21NO2. The highest BCUT2D eigenvalue weighted by Crippen LogP contribution is 2.40. The van der Waals surface area contributed by atoms with Gasteiger partial charge < -0.3 is 14.8 Å². The van der Waals surface area contributed by atoms with Crippen molar-refractivity contribution in [2.45, 2.75) is 25.8 Å². The number of ether oxygens (including phenoxy) is 2. The molecule has 0 saturated carbocycles. The van der Waals surface area contributed by atoms with Crippen molar-refractivity contribution in [2.75, 3.05) is 21.3 Å². The maximum Gasteiger partial charge on any atom is 0.161 e. The molecule has 1 aliphatic carbocycles. The Bertz CT molecular complexity index is 403. The number of rotatable bonds is 3. The van der Waals surface area contributed by atoms with Crippen molar-refractivity contribution in [2.24, 2.45) is 5.92 Å². The van der Waals surface area contributed by atoms with Crippen LogP contribution in [-0.4, -0.2) is 21.3 Å². The zero-order chi connectivity index (χ0) is 12.4. The normalized spacial score (nSPS) is 23.1. The van der Waals surface area contributed by atoms with E-state index in [0.29, 0.717) is 12.0 Å². The van der Waals surface area contributed by atoms with Crippen LogP contribution >= 0.6 is 0 Å². The van der Waals surface area contributed by atoms with Crippen LogP contribution in [0.2, 0.25) is 0 Å². The van der Waals surface area contributed by atoms with Gasteiger partial charge in [-0.15, -0.1) is 0 Å². The third-order valence-corrected chi connectivity index (χ3v) is 3.73. The van der Waals surface area contributed by atoms with E-state index in [1.165, 1.54) is 17.5 Å². The number of hydrogen-bond donors (Lipinski definition) is 1. The first-order valence-corrected chi connectivity index (χ1v) is 6.13. The number of benzene rings is 1. The average Bonchev–Trinajstić information content (AvgIpc) is 2.37. The molecule has 1 aromatic rings. The van der Waals surface area contributed by atoms with E-state index in [9.17, 15) is 0 Å². The van der Waals surface area contributed by atoms with E-state index >= 15 is 0 Å². The topological polar surface area (TPSA) is 30.5 Å². The Morgan fingerprint density at radius 2 is 1.82 bits per heavy atom. The van der Waals surface area contributed by atoms with Crippen molar-refractivity contribution in [3.63, 3.8) is 0 Å². The molecular weight excluding hydrogens is 214 g/mol. The fourth-order valence-electron chi connectivity index (χ4n) is 2.74. The predicted molar refractivity (Wildman–Crippen MR) is 68.8 cm³/mol. The zero-order valence-electron chi connectivity index (χ0n) is 11.0. The van der Waals surface area contributed by atoms with E-state index < -0.39 is 0 Å². The fourth-order valence-corrected chi connectivity index (χ4v) is 2.74. The molecule has 0 aromatic heterocycles. The van der Waals surface area contributed by atoms with Gasteiger partial charge in [0.05, 0.1) is 14.2 Å². The first kappa shape index (κ1) is 12.2. The lowest BCUT2D eigenvalue weighted by molar-refractivity contribution is 0.340. The van der Waals surface area contributed by atoms with Gasteiger partial charge in [0.25, 0.3) is 0 Å². The Morgan fingerprint density at radius 3 is 2.41 bits per heavy atom. The molecule has 17 heavy (non-hydrogen) atoms. The molecule has 0 bridgehead atoms. The molecule has 0 spiro atoms. The molecule has 0 heterocycles. The van der Waals surface area contributed by atoms with E-state index in [1.807, 2.05) is 7.05 Å². The van der Waals surface area contributed by atoms with Gasteiger partial charge in [-0.25, -0.2) is 0 Å². The van der Waals surface area contributed by atoms with Crippen LogP contribution < -0.4 is 14.8 Å². The Hall–Kier alpha value is -1.22. The summed E-state index contributed by atoms with van der Waals surface area (Å²) in [5, 5.41) is 3.40. The molecule has 2 rings (SSSR count). The smallest absolute Gasteiger partial charge is 0.161 e.